The van der Waals surface area contributed by atoms with Crippen LogP contribution < -0.4 is 0 Å². The number of carbonyl (C=O) groups is 1. The van der Waals surface area contributed by atoms with Gasteiger partial charge in [0.25, 0.3) is 0 Å². The summed E-state index contributed by atoms with van der Waals surface area (Å²) in [4.78, 5) is 12.4. The lowest BCUT2D eigenvalue weighted by molar-refractivity contribution is 0.0832. The van der Waals surface area contributed by atoms with Crippen LogP contribution in [0.3, 0.4) is 0 Å². The molecule has 98 valence electrons. The van der Waals surface area contributed by atoms with Gasteiger partial charge in [0.2, 0.25) is 0 Å². The molecule has 1 aromatic carbocycles. The third-order valence-electron chi connectivity index (χ3n) is 3.76. The SMILES string of the molecule is CC1CC(C)CC(C(=O)c2c(F)cccc2Cl)C1. The molecule has 0 heterocycles. The largest absolute Gasteiger partial charge is 0.294 e. The Morgan fingerprint density at radius 2 is 1.83 bits per heavy atom. The van der Waals surface area contributed by atoms with Crippen molar-refractivity contribution in [1.82, 2.24) is 0 Å². The Morgan fingerprint density at radius 3 is 2.39 bits per heavy atom. The predicted molar refractivity (Wildman–Crippen MR) is 71.4 cm³/mol. The van der Waals surface area contributed by atoms with E-state index in [1.165, 1.54) is 12.1 Å². The van der Waals surface area contributed by atoms with Crippen LogP contribution in [-0.2, 0) is 0 Å². The average molecular weight is 269 g/mol. The van der Waals surface area contributed by atoms with Crippen molar-refractivity contribution >= 4 is 17.4 Å². The highest BCUT2D eigenvalue weighted by atomic mass is 35.5. The van der Waals surface area contributed by atoms with Crippen LogP contribution in [0.2, 0.25) is 5.02 Å². The van der Waals surface area contributed by atoms with Crippen molar-refractivity contribution in [2.75, 3.05) is 0 Å². The van der Waals surface area contributed by atoms with Gasteiger partial charge in [0.15, 0.2) is 5.78 Å². The number of hydrogen-bond donors (Lipinski definition) is 0. The predicted octanol–water partition coefficient (Wildman–Crippen LogP) is 4.73. The molecule has 18 heavy (non-hydrogen) atoms. The van der Waals surface area contributed by atoms with Gasteiger partial charge in [-0.05, 0) is 43.2 Å². The Labute approximate surface area is 112 Å². The van der Waals surface area contributed by atoms with E-state index in [0.29, 0.717) is 11.8 Å². The van der Waals surface area contributed by atoms with Gasteiger partial charge in [0.1, 0.15) is 5.82 Å². The van der Waals surface area contributed by atoms with Crippen LogP contribution >= 0.6 is 11.6 Å². The molecule has 0 saturated heterocycles. The van der Waals surface area contributed by atoms with Crippen LogP contribution in [0.4, 0.5) is 4.39 Å². The molecule has 0 spiro atoms. The van der Waals surface area contributed by atoms with E-state index in [0.717, 1.165) is 19.3 Å². The summed E-state index contributed by atoms with van der Waals surface area (Å²) in [7, 11) is 0. The summed E-state index contributed by atoms with van der Waals surface area (Å²) in [5.41, 5.74) is 0.0745. The quantitative estimate of drug-likeness (QED) is 0.709. The third kappa shape index (κ3) is 2.74. The fraction of sp³-hybridized carbons (Fsp3) is 0.533. The van der Waals surface area contributed by atoms with Crippen molar-refractivity contribution in [3.8, 4) is 0 Å². The Bertz CT molecular complexity index is 428. The summed E-state index contributed by atoms with van der Waals surface area (Å²) in [6.45, 7) is 4.30. The summed E-state index contributed by atoms with van der Waals surface area (Å²) in [6.07, 6.45) is 2.83. The van der Waals surface area contributed by atoms with Gasteiger partial charge in [-0.3, -0.25) is 4.79 Å². The van der Waals surface area contributed by atoms with E-state index in [2.05, 4.69) is 13.8 Å². The first-order valence-electron chi connectivity index (χ1n) is 6.47. The smallest absolute Gasteiger partial charge is 0.170 e. The molecule has 0 aromatic heterocycles. The highest BCUT2D eigenvalue weighted by Crippen LogP contribution is 2.36. The molecule has 1 aromatic rings. The molecule has 1 aliphatic carbocycles. The number of ketones is 1. The molecular formula is C15H18ClFO. The van der Waals surface area contributed by atoms with E-state index >= 15 is 0 Å². The molecule has 2 unspecified atom stereocenters. The van der Waals surface area contributed by atoms with Crippen LogP contribution in [0.25, 0.3) is 0 Å². The minimum Gasteiger partial charge on any atom is -0.294 e. The van der Waals surface area contributed by atoms with Crippen LogP contribution in [0, 0.1) is 23.6 Å². The molecule has 0 aliphatic heterocycles. The van der Waals surface area contributed by atoms with Crippen molar-refractivity contribution in [1.29, 1.82) is 0 Å². The minimum absolute atomic E-state index is 0.0745. The normalized spacial score (nSPS) is 28.1. The van der Waals surface area contributed by atoms with Gasteiger partial charge in [-0.25, -0.2) is 4.39 Å². The van der Waals surface area contributed by atoms with Crippen LogP contribution in [0.5, 0.6) is 0 Å². The first-order chi connectivity index (χ1) is 8.49. The standard InChI is InChI=1S/C15H18ClFO/c1-9-6-10(2)8-11(7-9)15(18)14-12(16)4-3-5-13(14)17/h3-5,9-11H,6-8H2,1-2H3. The lowest BCUT2D eigenvalue weighted by Crippen LogP contribution is -2.26. The molecular weight excluding hydrogens is 251 g/mol. The maximum atomic E-state index is 13.7. The van der Waals surface area contributed by atoms with Gasteiger partial charge in [-0.2, -0.15) is 0 Å². The van der Waals surface area contributed by atoms with Crippen molar-refractivity contribution in [3.63, 3.8) is 0 Å². The molecule has 0 radical (unpaired) electrons. The zero-order valence-corrected chi connectivity index (χ0v) is 11.5. The van der Waals surface area contributed by atoms with E-state index in [9.17, 15) is 9.18 Å². The van der Waals surface area contributed by atoms with E-state index in [4.69, 9.17) is 11.6 Å². The van der Waals surface area contributed by atoms with Gasteiger partial charge in [-0.15, -0.1) is 0 Å². The second kappa shape index (κ2) is 5.40. The number of Topliss-reactive ketones (excluding diaryl/α,β-unsaturated/α-hetero) is 1. The molecule has 1 saturated carbocycles. The second-order valence-corrected chi connectivity index (χ2v) is 5.98. The highest BCUT2D eigenvalue weighted by Gasteiger charge is 2.31. The fourth-order valence-corrected chi connectivity index (χ4v) is 3.35. The lowest BCUT2D eigenvalue weighted by atomic mass is 9.74. The Hall–Kier alpha value is -0.890. The maximum Gasteiger partial charge on any atom is 0.170 e. The number of halogens is 2. The minimum atomic E-state index is -0.502. The second-order valence-electron chi connectivity index (χ2n) is 5.58. The zero-order valence-electron chi connectivity index (χ0n) is 10.7. The third-order valence-corrected chi connectivity index (χ3v) is 4.07. The van der Waals surface area contributed by atoms with Crippen molar-refractivity contribution in [3.05, 3.63) is 34.6 Å². The molecule has 0 amide bonds. The van der Waals surface area contributed by atoms with Gasteiger partial charge in [-0.1, -0.05) is 31.5 Å². The fourth-order valence-electron chi connectivity index (χ4n) is 3.10. The Balaban J connectivity index is 2.26. The summed E-state index contributed by atoms with van der Waals surface area (Å²) >= 11 is 5.96. The summed E-state index contributed by atoms with van der Waals surface area (Å²) < 4.78 is 13.7. The van der Waals surface area contributed by atoms with Crippen LogP contribution in [0.15, 0.2) is 18.2 Å². The van der Waals surface area contributed by atoms with Gasteiger partial charge in [0, 0.05) is 5.92 Å². The first kappa shape index (κ1) is 13.5. The number of rotatable bonds is 2. The molecule has 2 atom stereocenters. The molecule has 1 fully saturated rings. The Kier molecular flexibility index (Phi) is 4.06. The molecule has 3 heteroatoms. The van der Waals surface area contributed by atoms with Gasteiger partial charge >= 0.3 is 0 Å². The molecule has 0 bridgehead atoms. The van der Waals surface area contributed by atoms with Crippen molar-refractivity contribution in [2.45, 2.75) is 33.1 Å². The Morgan fingerprint density at radius 1 is 1.22 bits per heavy atom. The van der Waals surface area contributed by atoms with Crippen molar-refractivity contribution in [2.24, 2.45) is 17.8 Å². The summed E-state index contributed by atoms with van der Waals surface area (Å²) in [5, 5.41) is 0.228. The monoisotopic (exact) mass is 268 g/mol. The highest BCUT2D eigenvalue weighted by molar-refractivity contribution is 6.34. The molecule has 2 rings (SSSR count). The number of benzene rings is 1. The van der Waals surface area contributed by atoms with Gasteiger partial charge in [0.05, 0.1) is 10.6 Å². The van der Waals surface area contributed by atoms with Crippen LogP contribution in [0.1, 0.15) is 43.5 Å². The topological polar surface area (TPSA) is 17.1 Å². The average Bonchev–Trinajstić information content (AvgIpc) is 2.27. The van der Waals surface area contributed by atoms with E-state index < -0.39 is 5.82 Å². The van der Waals surface area contributed by atoms with E-state index in [1.807, 2.05) is 0 Å². The summed E-state index contributed by atoms with van der Waals surface area (Å²) in [6, 6.07) is 4.41. The number of hydrogen-bond acceptors (Lipinski definition) is 1. The lowest BCUT2D eigenvalue weighted by Gasteiger charge is -2.30. The zero-order chi connectivity index (χ0) is 13.3. The van der Waals surface area contributed by atoms with E-state index in [1.54, 1.807) is 6.07 Å². The molecule has 0 N–H and O–H groups in total. The van der Waals surface area contributed by atoms with Crippen molar-refractivity contribution < 1.29 is 9.18 Å². The van der Waals surface area contributed by atoms with Gasteiger partial charge < -0.3 is 0 Å². The number of carbonyl (C=O) groups excluding carboxylic acids is 1. The summed E-state index contributed by atoms with van der Waals surface area (Å²) in [5.74, 6) is 0.328. The molecule has 1 aliphatic rings. The first-order valence-corrected chi connectivity index (χ1v) is 6.85. The molecule has 1 nitrogen and oxygen atoms in total. The van der Waals surface area contributed by atoms with Crippen LogP contribution in [-0.4, -0.2) is 5.78 Å². The van der Waals surface area contributed by atoms with E-state index in [-0.39, 0.29) is 22.3 Å². The maximum absolute atomic E-state index is 13.7.